The van der Waals surface area contributed by atoms with Gasteiger partial charge in [-0.1, -0.05) is 6.92 Å². The molecular formula is C12H26N2O. The predicted molar refractivity (Wildman–Crippen MR) is 63.7 cm³/mol. The standard InChI is InChI=1S/C12H26N2O/c1-4-12(15)6-10-5-11(13)8-14(7-10)9(2)3/h9-12,15H,4-8,13H2,1-3H3. The third kappa shape index (κ3) is 4.09. The third-order valence-electron chi connectivity index (χ3n) is 3.40. The summed E-state index contributed by atoms with van der Waals surface area (Å²) >= 11 is 0. The Labute approximate surface area is 93.6 Å². The Balaban J connectivity index is 2.44. The van der Waals surface area contributed by atoms with Crippen LogP contribution in [0.5, 0.6) is 0 Å². The lowest BCUT2D eigenvalue weighted by Gasteiger charge is -2.39. The summed E-state index contributed by atoms with van der Waals surface area (Å²) in [5.74, 6) is 0.575. The van der Waals surface area contributed by atoms with Gasteiger partial charge in [0.1, 0.15) is 0 Å². The smallest absolute Gasteiger partial charge is 0.0540 e. The van der Waals surface area contributed by atoms with E-state index in [2.05, 4.69) is 18.7 Å². The second-order valence-corrected chi connectivity index (χ2v) is 5.21. The molecule has 1 aliphatic heterocycles. The molecule has 3 heteroatoms. The molecule has 0 amide bonds. The zero-order valence-electron chi connectivity index (χ0n) is 10.3. The van der Waals surface area contributed by atoms with Gasteiger partial charge in [0, 0.05) is 25.2 Å². The van der Waals surface area contributed by atoms with Crippen LogP contribution >= 0.6 is 0 Å². The van der Waals surface area contributed by atoms with E-state index in [0.717, 1.165) is 32.4 Å². The van der Waals surface area contributed by atoms with Crippen molar-refractivity contribution in [3.63, 3.8) is 0 Å². The molecule has 1 rings (SSSR count). The second kappa shape index (κ2) is 5.83. The minimum Gasteiger partial charge on any atom is -0.393 e. The van der Waals surface area contributed by atoms with Gasteiger partial charge in [-0.15, -0.1) is 0 Å². The van der Waals surface area contributed by atoms with Gasteiger partial charge in [-0.3, -0.25) is 4.90 Å². The van der Waals surface area contributed by atoms with Crippen molar-refractivity contribution < 1.29 is 5.11 Å². The van der Waals surface area contributed by atoms with Gasteiger partial charge in [0.2, 0.25) is 0 Å². The van der Waals surface area contributed by atoms with Crippen LogP contribution in [0, 0.1) is 5.92 Å². The van der Waals surface area contributed by atoms with Crippen molar-refractivity contribution >= 4 is 0 Å². The largest absolute Gasteiger partial charge is 0.393 e. The number of rotatable bonds is 4. The Morgan fingerprint density at radius 2 is 2.07 bits per heavy atom. The average molecular weight is 214 g/mol. The summed E-state index contributed by atoms with van der Waals surface area (Å²) in [6.45, 7) is 8.57. The molecule has 0 aromatic carbocycles. The van der Waals surface area contributed by atoms with Gasteiger partial charge < -0.3 is 10.8 Å². The molecule has 1 fully saturated rings. The monoisotopic (exact) mass is 214 g/mol. The van der Waals surface area contributed by atoms with Gasteiger partial charge in [-0.05, 0) is 39.0 Å². The van der Waals surface area contributed by atoms with E-state index < -0.39 is 0 Å². The van der Waals surface area contributed by atoms with Gasteiger partial charge in [0.25, 0.3) is 0 Å². The molecule has 1 heterocycles. The summed E-state index contributed by atoms with van der Waals surface area (Å²) in [5, 5.41) is 9.66. The van der Waals surface area contributed by atoms with Crippen LogP contribution in [0.4, 0.5) is 0 Å². The van der Waals surface area contributed by atoms with Crippen LogP contribution in [0.25, 0.3) is 0 Å². The van der Waals surface area contributed by atoms with Crippen LogP contribution in [0.2, 0.25) is 0 Å². The highest BCUT2D eigenvalue weighted by Crippen LogP contribution is 2.22. The SMILES string of the molecule is CCC(O)CC1CC(N)CN(C(C)C)C1. The summed E-state index contributed by atoms with van der Waals surface area (Å²) < 4.78 is 0. The van der Waals surface area contributed by atoms with Crippen LogP contribution in [-0.4, -0.2) is 41.3 Å². The number of nitrogens with two attached hydrogens (primary N) is 1. The maximum atomic E-state index is 9.66. The van der Waals surface area contributed by atoms with E-state index in [4.69, 9.17) is 5.73 Å². The van der Waals surface area contributed by atoms with Gasteiger partial charge >= 0.3 is 0 Å². The Morgan fingerprint density at radius 3 is 2.60 bits per heavy atom. The molecule has 0 spiro atoms. The maximum Gasteiger partial charge on any atom is 0.0540 e. The molecule has 0 bridgehead atoms. The predicted octanol–water partition coefficient (Wildman–Crippen LogP) is 1.20. The summed E-state index contributed by atoms with van der Waals surface area (Å²) in [5.41, 5.74) is 6.05. The number of aliphatic hydroxyl groups excluding tert-OH is 1. The van der Waals surface area contributed by atoms with Crippen molar-refractivity contribution in [3.05, 3.63) is 0 Å². The quantitative estimate of drug-likeness (QED) is 0.739. The van der Waals surface area contributed by atoms with Gasteiger partial charge in [-0.25, -0.2) is 0 Å². The summed E-state index contributed by atoms with van der Waals surface area (Å²) in [7, 11) is 0. The fraction of sp³-hybridized carbons (Fsp3) is 1.00. The van der Waals surface area contributed by atoms with Crippen LogP contribution < -0.4 is 5.73 Å². The number of likely N-dealkylation sites (tertiary alicyclic amines) is 1. The molecule has 0 aliphatic carbocycles. The molecule has 3 nitrogen and oxygen atoms in total. The van der Waals surface area contributed by atoms with E-state index >= 15 is 0 Å². The Morgan fingerprint density at radius 1 is 1.40 bits per heavy atom. The lowest BCUT2D eigenvalue weighted by molar-refractivity contribution is 0.0768. The topological polar surface area (TPSA) is 49.5 Å². The van der Waals surface area contributed by atoms with Crippen molar-refractivity contribution in [2.24, 2.45) is 11.7 Å². The molecule has 15 heavy (non-hydrogen) atoms. The number of hydrogen-bond acceptors (Lipinski definition) is 3. The Kier molecular flexibility index (Phi) is 5.03. The fourth-order valence-electron chi connectivity index (χ4n) is 2.43. The van der Waals surface area contributed by atoms with E-state index in [-0.39, 0.29) is 12.1 Å². The highest BCUT2D eigenvalue weighted by atomic mass is 16.3. The van der Waals surface area contributed by atoms with E-state index in [9.17, 15) is 5.11 Å². The lowest BCUT2D eigenvalue weighted by atomic mass is 9.88. The molecule has 3 N–H and O–H groups in total. The number of aliphatic hydroxyl groups is 1. The van der Waals surface area contributed by atoms with Crippen molar-refractivity contribution in [1.82, 2.24) is 4.90 Å². The van der Waals surface area contributed by atoms with Crippen molar-refractivity contribution in [1.29, 1.82) is 0 Å². The Hall–Kier alpha value is -0.120. The van der Waals surface area contributed by atoms with Crippen LogP contribution in [-0.2, 0) is 0 Å². The highest BCUT2D eigenvalue weighted by molar-refractivity contribution is 4.83. The summed E-state index contributed by atoms with van der Waals surface area (Å²) in [4.78, 5) is 2.43. The van der Waals surface area contributed by atoms with E-state index in [1.807, 2.05) is 6.92 Å². The van der Waals surface area contributed by atoms with Crippen LogP contribution in [0.3, 0.4) is 0 Å². The number of nitrogens with zero attached hydrogens (tertiary/aromatic N) is 1. The third-order valence-corrected chi connectivity index (χ3v) is 3.40. The van der Waals surface area contributed by atoms with Gasteiger partial charge in [0.15, 0.2) is 0 Å². The van der Waals surface area contributed by atoms with Crippen molar-refractivity contribution in [3.8, 4) is 0 Å². The molecule has 0 radical (unpaired) electrons. The Bertz CT molecular complexity index is 184. The molecule has 90 valence electrons. The van der Waals surface area contributed by atoms with Crippen LogP contribution in [0.1, 0.15) is 40.0 Å². The first-order valence-corrected chi connectivity index (χ1v) is 6.20. The molecule has 3 unspecified atom stereocenters. The average Bonchev–Trinajstić information content (AvgIpc) is 2.16. The first-order chi connectivity index (χ1) is 7.02. The summed E-state index contributed by atoms with van der Waals surface area (Å²) in [6.07, 6.45) is 2.69. The molecular weight excluding hydrogens is 188 g/mol. The number of piperidine rings is 1. The van der Waals surface area contributed by atoms with E-state index in [1.54, 1.807) is 0 Å². The molecule has 0 aromatic rings. The highest BCUT2D eigenvalue weighted by Gasteiger charge is 2.27. The second-order valence-electron chi connectivity index (χ2n) is 5.21. The number of hydrogen-bond donors (Lipinski definition) is 2. The van der Waals surface area contributed by atoms with Crippen molar-refractivity contribution in [2.45, 2.75) is 58.2 Å². The first-order valence-electron chi connectivity index (χ1n) is 6.20. The molecule has 0 saturated carbocycles. The van der Waals surface area contributed by atoms with E-state index in [0.29, 0.717) is 12.0 Å². The van der Waals surface area contributed by atoms with Crippen LogP contribution in [0.15, 0.2) is 0 Å². The van der Waals surface area contributed by atoms with Crippen molar-refractivity contribution in [2.75, 3.05) is 13.1 Å². The molecule has 1 aliphatic rings. The fourth-order valence-corrected chi connectivity index (χ4v) is 2.43. The zero-order chi connectivity index (χ0) is 11.4. The maximum absolute atomic E-state index is 9.66. The molecule has 1 saturated heterocycles. The summed E-state index contributed by atoms with van der Waals surface area (Å²) in [6, 6.07) is 0.854. The zero-order valence-corrected chi connectivity index (χ0v) is 10.3. The molecule has 0 aromatic heterocycles. The normalized spacial score (nSPS) is 30.8. The molecule has 3 atom stereocenters. The first kappa shape index (κ1) is 12.9. The van der Waals surface area contributed by atoms with E-state index in [1.165, 1.54) is 0 Å². The minimum absolute atomic E-state index is 0.144. The minimum atomic E-state index is -0.144. The van der Waals surface area contributed by atoms with Gasteiger partial charge in [-0.2, -0.15) is 0 Å². The lowest BCUT2D eigenvalue weighted by Crippen LogP contribution is -2.50. The van der Waals surface area contributed by atoms with Gasteiger partial charge in [0.05, 0.1) is 6.10 Å².